The van der Waals surface area contributed by atoms with Crippen LogP contribution in [-0.4, -0.2) is 34.7 Å². The lowest BCUT2D eigenvalue weighted by molar-refractivity contribution is -0.111. The van der Waals surface area contributed by atoms with Gasteiger partial charge >= 0.3 is 11.9 Å². The second-order valence-electron chi connectivity index (χ2n) is 5.65. The Balaban J connectivity index is 2.07. The molecule has 1 amide bonds. The zero-order chi connectivity index (χ0) is 19.8. The van der Waals surface area contributed by atoms with Gasteiger partial charge in [0.25, 0.3) is 0 Å². The predicted octanol–water partition coefficient (Wildman–Crippen LogP) is 3.52. The van der Waals surface area contributed by atoms with Gasteiger partial charge in [0.2, 0.25) is 5.91 Å². The molecule has 0 radical (unpaired) electrons. The molecule has 0 aromatic heterocycles. The second-order valence-corrected chi connectivity index (χ2v) is 5.65. The lowest BCUT2D eigenvalue weighted by atomic mass is 10.1. The number of ether oxygens (including phenoxy) is 1. The highest BCUT2D eigenvalue weighted by atomic mass is 16.5. The molecule has 0 aliphatic heterocycles. The number of hydrogen-bond donors (Lipinski definition) is 3. The topological polar surface area (TPSA) is 113 Å². The minimum absolute atomic E-state index is 0.0882. The first-order valence-corrected chi connectivity index (χ1v) is 8.22. The monoisotopic (exact) mass is 369 g/mol. The number of nitrogens with one attached hydrogen (secondary N) is 1. The van der Waals surface area contributed by atoms with Crippen molar-refractivity contribution in [2.24, 2.45) is 0 Å². The maximum atomic E-state index is 12.0. The average Bonchev–Trinajstić information content (AvgIpc) is 2.65. The quantitative estimate of drug-likeness (QED) is 0.614. The van der Waals surface area contributed by atoms with Crippen LogP contribution in [0.5, 0.6) is 5.75 Å². The number of amides is 1. The minimum atomic E-state index is -1.28. The van der Waals surface area contributed by atoms with E-state index in [1.165, 1.54) is 18.2 Å². The van der Waals surface area contributed by atoms with Crippen LogP contribution in [0.25, 0.3) is 6.08 Å². The van der Waals surface area contributed by atoms with Crippen molar-refractivity contribution in [2.45, 2.75) is 13.3 Å². The van der Waals surface area contributed by atoms with Gasteiger partial charge in [-0.15, -0.1) is 0 Å². The van der Waals surface area contributed by atoms with E-state index in [-0.39, 0.29) is 16.8 Å². The molecule has 0 heterocycles. The molecule has 2 aromatic rings. The van der Waals surface area contributed by atoms with Crippen molar-refractivity contribution in [3.8, 4) is 5.75 Å². The van der Waals surface area contributed by atoms with Crippen LogP contribution in [-0.2, 0) is 4.79 Å². The minimum Gasteiger partial charge on any atom is -0.494 e. The summed E-state index contributed by atoms with van der Waals surface area (Å²) in [5, 5.41) is 20.6. The van der Waals surface area contributed by atoms with Crippen LogP contribution in [0.4, 0.5) is 5.69 Å². The maximum Gasteiger partial charge on any atom is 0.335 e. The van der Waals surface area contributed by atoms with Crippen LogP contribution in [0, 0.1) is 0 Å². The highest BCUT2D eigenvalue weighted by molar-refractivity contribution is 6.04. The summed E-state index contributed by atoms with van der Waals surface area (Å²) < 4.78 is 5.48. The van der Waals surface area contributed by atoms with E-state index in [0.29, 0.717) is 6.61 Å². The molecule has 0 aliphatic carbocycles. The van der Waals surface area contributed by atoms with Gasteiger partial charge in [0.05, 0.1) is 17.7 Å². The molecule has 0 unspecified atom stereocenters. The SMILES string of the molecule is CCCOc1ccc(/C=C/C(=O)Nc2cc(C(=O)O)cc(C(=O)O)c2)cc1. The van der Waals surface area contributed by atoms with Gasteiger partial charge in [-0.25, -0.2) is 9.59 Å². The number of benzene rings is 2. The number of anilines is 1. The summed E-state index contributed by atoms with van der Waals surface area (Å²) in [6.45, 7) is 2.65. The van der Waals surface area contributed by atoms with Crippen molar-refractivity contribution < 1.29 is 29.3 Å². The summed E-state index contributed by atoms with van der Waals surface area (Å²) in [5.41, 5.74) is 0.415. The Bertz CT molecular complexity index is 838. The van der Waals surface area contributed by atoms with Crippen LogP contribution < -0.4 is 10.1 Å². The second kappa shape index (κ2) is 9.19. The van der Waals surface area contributed by atoms with Crippen LogP contribution >= 0.6 is 0 Å². The molecular formula is C20H19NO6. The number of hydrogen-bond acceptors (Lipinski definition) is 4. The summed E-state index contributed by atoms with van der Waals surface area (Å²) in [5.74, 6) is -2.34. The Hall–Kier alpha value is -3.61. The molecule has 0 saturated heterocycles. The van der Waals surface area contributed by atoms with Gasteiger partial charge in [0, 0.05) is 11.8 Å². The maximum absolute atomic E-state index is 12.0. The number of carboxylic acids is 2. The molecule has 2 aromatic carbocycles. The molecule has 140 valence electrons. The molecule has 27 heavy (non-hydrogen) atoms. The molecule has 0 atom stereocenters. The summed E-state index contributed by atoms with van der Waals surface area (Å²) >= 11 is 0. The highest BCUT2D eigenvalue weighted by Crippen LogP contribution is 2.16. The van der Waals surface area contributed by atoms with Gasteiger partial charge in [0.1, 0.15) is 5.75 Å². The number of rotatable bonds is 8. The lowest BCUT2D eigenvalue weighted by Gasteiger charge is -2.06. The Morgan fingerprint density at radius 1 is 1.00 bits per heavy atom. The van der Waals surface area contributed by atoms with Crippen molar-refractivity contribution in [1.29, 1.82) is 0 Å². The smallest absolute Gasteiger partial charge is 0.335 e. The molecule has 0 saturated carbocycles. The predicted molar refractivity (Wildman–Crippen MR) is 100 cm³/mol. The summed E-state index contributed by atoms with van der Waals surface area (Å²) in [6.07, 6.45) is 3.77. The summed E-state index contributed by atoms with van der Waals surface area (Å²) in [6, 6.07) is 10.6. The Kier molecular flexibility index (Phi) is 6.71. The standard InChI is InChI=1S/C20H19NO6/c1-2-9-27-17-6-3-13(4-7-17)5-8-18(22)21-16-11-14(19(23)24)10-15(12-16)20(25)26/h3-8,10-12H,2,9H2,1H3,(H,21,22)(H,23,24)(H,25,26)/b8-5+. The number of carboxylic acid groups (broad SMARTS) is 2. The first-order valence-electron chi connectivity index (χ1n) is 8.22. The van der Waals surface area contributed by atoms with Gasteiger partial charge < -0.3 is 20.3 Å². The van der Waals surface area contributed by atoms with Crippen molar-refractivity contribution >= 4 is 29.6 Å². The molecule has 3 N–H and O–H groups in total. The molecule has 0 spiro atoms. The number of aromatic carboxylic acids is 2. The van der Waals surface area contributed by atoms with E-state index >= 15 is 0 Å². The largest absolute Gasteiger partial charge is 0.494 e. The Labute approximate surface area is 155 Å². The van der Waals surface area contributed by atoms with Crippen molar-refractivity contribution in [1.82, 2.24) is 0 Å². The summed E-state index contributed by atoms with van der Waals surface area (Å²) in [4.78, 5) is 34.2. The van der Waals surface area contributed by atoms with Gasteiger partial charge in [-0.05, 0) is 48.4 Å². The molecule has 0 fully saturated rings. The van der Waals surface area contributed by atoms with Crippen molar-refractivity contribution in [3.05, 3.63) is 65.2 Å². The summed E-state index contributed by atoms with van der Waals surface area (Å²) in [7, 11) is 0. The van der Waals surface area contributed by atoms with E-state index < -0.39 is 17.8 Å². The first-order chi connectivity index (χ1) is 12.9. The van der Waals surface area contributed by atoms with E-state index in [4.69, 9.17) is 14.9 Å². The van der Waals surface area contributed by atoms with Gasteiger partial charge in [-0.2, -0.15) is 0 Å². The molecule has 0 aliphatic rings. The van der Waals surface area contributed by atoms with E-state index in [1.54, 1.807) is 30.3 Å². The van der Waals surface area contributed by atoms with E-state index in [0.717, 1.165) is 23.8 Å². The average molecular weight is 369 g/mol. The Morgan fingerprint density at radius 3 is 2.11 bits per heavy atom. The molecule has 0 bridgehead atoms. The molecular weight excluding hydrogens is 350 g/mol. The number of carbonyl (C=O) groups excluding carboxylic acids is 1. The fourth-order valence-electron chi connectivity index (χ4n) is 2.20. The third-order valence-corrected chi connectivity index (χ3v) is 3.47. The van der Waals surface area contributed by atoms with E-state index in [9.17, 15) is 14.4 Å². The van der Waals surface area contributed by atoms with E-state index in [2.05, 4.69) is 5.32 Å². The Morgan fingerprint density at radius 2 is 1.59 bits per heavy atom. The van der Waals surface area contributed by atoms with Crippen LogP contribution in [0.1, 0.15) is 39.6 Å². The molecule has 7 heteroatoms. The fourth-order valence-corrected chi connectivity index (χ4v) is 2.20. The highest BCUT2D eigenvalue weighted by Gasteiger charge is 2.12. The first kappa shape index (κ1) is 19.7. The molecule has 2 rings (SSSR count). The van der Waals surface area contributed by atoms with Crippen molar-refractivity contribution in [3.63, 3.8) is 0 Å². The normalized spacial score (nSPS) is 10.6. The molecule has 7 nitrogen and oxygen atoms in total. The van der Waals surface area contributed by atoms with Gasteiger partial charge in [-0.3, -0.25) is 4.79 Å². The van der Waals surface area contributed by atoms with Crippen LogP contribution in [0.2, 0.25) is 0 Å². The van der Waals surface area contributed by atoms with Crippen LogP contribution in [0.3, 0.4) is 0 Å². The fraction of sp³-hybridized carbons (Fsp3) is 0.150. The van der Waals surface area contributed by atoms with Crippen molar-refractivity contribution in [2.75, 3.05) is 11.9 Å². The lowest BCUT2D eigenvalue weighted by Crippen LogP contribution is -2.10. The van der Waals surface area contributed by atoms with Gasteiger partial charge in [0.15, 0.2) is 0 Å². The zero-order valence-electron chi connectivity index (χ0n) is 14.6. The zero-order valence-corrected chi connectivity index (χ0v) is 14.6. The third-order valence-electron chi connectivity index (χ3n) is 3.47. The third kappa shape index (κ3) is 6.00. The van der Waals surface area contributed by atoms with E-state index in [1.807, 2.05) is 6.92 Å². The van der Waals surface area contributed by atoms with Crippen LogP contribution in [0.15, 0.2) is 48.5 Å². The van der Waals surface area contributed by atoms with Gasteiger partial charge in [-0.1, -0.05) is 19.1 Å². The number of carbonyl (C=O) groups is 3.